The van der Waals surface area contributed by atoms with Gasteiger partial charge in [0, 0.05) is 13.1 Å². The van der Waals surface area contributed by atoms with Crippen molar-refractivity contribution in [1.29, 1.82) is 0 Å². The van der Waals surface area contributed by atoms with E-state index in [1.54, 1.807) is 0 Å². The quantitative estimate of drug-likeness (QED) is 0.772. The Kier molecular flexibility index (Phi) is 4.45. The van der Waals surface area contributed by atoms with Crippen LogP contribution in [0.2, 0.25) is 0 Å². The molecule has 2 saturated heterocycles. The molecule has 0 aromatic carbocycles. The van der Waals surface area contributed by atoms with Gasteiger partial charge in [0.05, 0.1) is 18.2 Å². The number of hydrogen-bond acceptors (Lipinski definition) is 3. The SMILES string of the molecule is CCCNC(=O)N1CC(C)OC2(CCNCC2)C1. The summed E-state index contributed by atoms with van der Waals surface area (Å²) >= 11 is 0. The third-order valence-corrected chi connectivity index (χ3v) is 3.74. The van der Waals surface area contributed by atoms with E-state index >= 15 is 0 Å². The second kappa shape index (κ2) is 5.89. The van der Waals surface area contributed by atoms with E-state index in [-0.39, 0.29) is 17.7 Å². The molecule has 0 aliphatic carbocycles. The van der Waals surface area contributed by atoms with E-state index in [4.69, 9.17) is 4.74 Å². The number of carbonyl (C=O) groups is 1. The molecule has 18 heavy (non-hydrogen) atoms. The molecule has 104 valence electrons. The summed E-state index contributed by atoms with van der Waals surface area (Å²) in [6.07, 6.45) is 3.09. The van der Waals surface area contributed by atoms with Gasteiger partial charge in [0.2, 0.25) is 0 Å². The predicted molar refractivity (Wildman–Crippen MR) is 70.6 cm³/mol. The van der Waals surface area contributed by atoms with Gasteiger partial charge in [0.25, 0.3) is 0 Å². The molecule has 2 fully saturated rings. The van der Waals surface area contributed by atoms with Crippen LogP contribution in [-0.2, 0) is 4.74 Å². The van der Waals surface area contributed by atoms with E-state index < -0.39 is 0 Å². The summed E-state index contributed by atoms with van der Waals surface area (Å²) in [7, 11) is 0. The number of nitrogens with one attached hydrogen (secondary N) is 2. The van der Waals surface area contributed by atoms with E-state index in [1.807, 2.05) is 4.90 Å². The van der Waals surface area contributed by atoms with Crippen LogP contribution in [0.4, 0.5) is 4.79 Å². The van der Waals surface area contributed by atoms with Gasteiger partial charge in [-0.15, -0.1) is 0 Å². The molecule has 1 atom stereocenters. The zero-order valence-corrected chi connectivity index (χ0v) is 11.5. The standard InChI is InChI=1S/C13H25N3O2/c1-3-6-15-12(17)16-9-11(2)18-13(10-16)4-7-14-8-5-13/h11,14H,3-10H2,1-2H3,(H,15,17). The fourth-order valence-electron chi connectivity index (χ4n) is 2.88. The van der Waals surface area contributed by atoms with Crippen LogP contribution < -0.4 is 10.6 Å². The highest BCUT2D eigenvalue weighted by atomic mass is 16.5. The molecule has 1 unspecified atom stereocenters. The lowest BCUT2D eigenvalue weighted by molar-refractivity contribution is -0.150. The Hall–Kier alpha value is -0.810. The molecule has 2 heterocycles. The molecule has 5 nitrogen and oxygen atoms in total. The van der Waals surface area contributed by atoms with Crippen LogP contribution in [0.15, 0.2) is 0 Å². The molecule has 5 heteroatoms. The first-order chi connectivity index (χ1) is 8.65. The number of hydrogen-bond donors (Lipinski definition) is 2. The molecule has 0 radical (unpaired) electrons. The van der Waals surface area contributed by atoms with Crippen LogP contribution in [0.5, 0.6) is 0 Å². The van der Waals surface area contributed by atoms with Crippen molar-refractivity contribution in [3.63, 3.8) is 0 Å². The number of ether oxygens (including phenoxy) is 1. The number of rotatable bonds is 2. The summed E-state index contributed by atoms with van der Waals surface area (Å²) in [5.41, 5.74) is -0.119. The molecule has 0 aromatic heterocycles. The molecular formula is C13H25N3O2. The lowest BCUT2D eigenvalue weighted by atomic mass is 9.89. The smallest absolute Gasteiger partial charge is 0.317 e. The van der Waals surface area contributed by atoms with Gasteiger partial charge in [-0.2, -0.15) is 0 Å². The maximum atomic E-state index is 12.1. The summed E-state index contributed by atoms with van der Waals surface area (Å²) in [4.78, 5) is 14.0. The minimum absolute atomic E-state index is 0.0601. The van der Waals surface area contributed by atoms with Crippen molar-refractivity contribution in [3.8, 4) is 0 Å². The van der Waals surface area contributed by atoms with Crippen molar-refractivity contribution in [2.45, 2.75) is 44.8 Å². The molecule has 2 N–H and O–H groups in total. The van der Waals surface area contributed by atoms with Crippen LogP contribution in [0, 0.1) is 0 Å². The van der Waals surface area contributed by atoms with Crippen molar-refractivity contribution < 1.29 is 9.53 Å². The zero-order chi connectivity index (χ0) is 13.0. The Morgan fingerprint density at radius 2 is 2.22 bits per heavy atom. The number of morpholine rings is 1. The first-order valence-electron chi connectivity index (χ1n) is 7.06. The van der Waals surface area contributed by atoms with E-state index in [2.05, 4.69) is 24.5 Å². The zero-order valence-electron chi connectivity index (χ0n) is 11.5. The van der Waals surface area contributed by atoms with Gasteiger partial charge in [0.15, 0.2) is 0 Å². The highest BCUT2D eigenvalue weighted by Crippen LogP contribution is 2.30. The van der Waals surface area contributed by atoms with Crippen LogP contribution in [0.1, 0.15) is 33.1 Å². The van der Waals surface area contributed by atoms with Crippen molar-refractivity contribution >= 4 is 6.03 Å². The highest BCUT2D eigenvalue weighted by Gasteiger charge is 2.41. The lowest BCUT2D eigenvalue weighted by Gasteiger charge is -2.47. The molecule has 1 spiro atoms. The Morgan fingerprint density at radius 3 is 2.89 bits per heavy atom. The fraction of sp³-hybridized carbons (Fsp3) is 0.923. The Balaban J connectivity index is 1.97. The van der Waals surface area contributed by atoms with E-state index in [0.717, 1.165) is 45.4 Å². The monoisotopic (exact) mass is 255 g/mol. The topological polar surface area (TPSA) is 53.6 Å². The third kappa shape index (κ3) is 3.14. The van der Waals surface area contributed by atoms with Crippen LogP contribution >= 0.6 is 0 Å². The number of urea groups is 1. The summed E-state index contributed by atoms with van der Waals surface area (Å²) < 4.78 is 6.14. The number of piperidine rings is 1. The van der Waals surface area contributed by atoms with Gasteiger partial charge < -0.3 is 20.3 Å². The third-order valence-electron chi connectivity index (χ3n) is 3.74. The predicted octanol–water partition coefficient (Wildman–Crippen LogP) is 0.949. The molecule has 0 bridgehead atoms. The number of amides is 2. The van der Waals surface area contributed by atoms with Gasteiger partial charge in [-0.3, -0.25) is 0 Å². The second-order valence-corrected chi connectivity index (χ2v) is 5.47. The molecule has 0 saturated carbocycles. The van der Waals surface area contributed by atoms with Gasteiger partial charge >= 0.3 is 6.03 Å². The minimum atomic E-state index is -0.119. The highest BCUT2D eigenvalue weighted by molar-refractivity contribution is 5.74. The second-order valence-electron chi connectivity index (χ2n) is 5.47. The fourth-order valence-corrected chi connectivity index (χ4v) is 2.88. The summed E-state index contributed by atoms with van der Waals surface area (Å²) in [6.45, 7) is 8.27. The molecule has 2 amide bonds. The lowest BCUT2D eigenvalue weighted by Crippen LogP contribution is -2.61. The van der Waals surface area contributed by atoms with Crippen LogP contribution in [0.3, 0.4) is 0 Å². The number of nitrogens with zero attached hydrogens (tertiary/aromatic N) is 1. The normalized spacial score (nSPS) is 27.2. The van der Waals surface area contributed by atoms with Crippen LogP contribution in [-0.4, -0.2) is 55.4 Å². The van der Waals surface area contributed by atoms with Gasteiger partial charge in [-0.05, 0) is 39.3 Å². The largest absolute Gasteiger partial charge is 0.368 e. The summed E-state index contributed by atoms with van der Waals surface area (Å²) in [5.74, 6) is 0. The van der Waals surface area contributed by atoms with Gasteiger partial charge in [-0.25, -0.2) is 4.79 Å². The molecule has 2 aliphatic rings. The molecule has 2 rings (SSSR count). The molecule has 2 aliphatic heterocycles. The van der Waals surface area contributed by atoms with Crippen molar-refractivity contribution in [2.75, 3.05) is 32.7 Å². The Labute approximate surface area is 109 Å². The maximum Gasteiger partial charge on any atom is 0.317 e. The van der Waals surface area contributed by atoms with E-state index in [0.29, 0.717) is 6.54 Å². The Morgan fingerprint density at radius 1 is 1.50 bits per heavy atom. The molecular weight excluding hydrogens is 230 g/mol. The summed E-state index contributed by atoms with van der Waals surface area (Å²) in [5, 5.41) is 6.31. The van der Waals surface area contributed by atoms with E-state index in [1.165, 1.54) is 0 Å². The van der Waals surface area contributed by atoms with E-state index in [9.17, 15) is 4.79 Å². The average Bonchev–Trinajstić information content (AvgIpc) is 2.35. The van der Waals surface area contributed by atoms with Crippen molar-refractivity contribution in [1.82, 2.24) is 15.5 Å². The van der Waals surface area contributed by atoms with Crippen molar-refractivity contribution in [3.05, 3.63) is 0 Å². The minimum Gasteiger partial charge on any atom is -0.368 e. The first kappa shape index (κ1) is 13.6. The van der Waals surface area contributed by atoms with Crippen molar-refractivity contribution in [2.24, 2.45) is 0 Å². The first-order valence-corrected chi connectivity index (χ1v) is 7.06. The summed E-state index contributed by atoms with van der Waals surface area (Å²) in [6, 6.07) is 0.0601. The van der Waals surface area contributed by atoms with Gasteiger partial charge in [-0.1, -0.05) is 6.92 Å². The average molecular weight is 255 g/mol. The maximum absolute atomic E-state index is 12.1. The van der Waals surface area contributed by atoms with Crippen LogP contribution in [0.25, 0.3) is 0 Å². The number of carbonyl (C=O) groups excluding carboxylic acids is 1. The molecule has 0 aromatic rings. The van der Waals surface area contributed by atoms with Gasteiger partial charge in [0.1, 0.15) is 0 Å². The Bertz CT molecular complexity index is 290.